The molecule has 11 heavy (non-hydrogen) atoms. The van der Waals surface area contributed by atoms with E-state index in [0.717, 1.165) is 0 Å². The Morgan fingerprint density at radius 3 is 2.82 bits per heavy atom. The van der Waals surface area contributed by atoms with Crippen LogP contribution in [0.15, 0.2) is 4.99 Å². The minimum atomic E-state index is -0.314. The fourth-order valence-electron chi connectivity index (χ4n) is 0.364. The van der Waals surface area contributed by atoms with Crippen LogP contribution in [0.25, 0.3) is 0 Å². The highest BCUT2D eigenvalue weighted by Gasteiger charge is 1.93. The molecule has 0 aromatic carbocycles. The van der Waals surface area contributed by atoms with Crippen LogP contribution in [0.1, 0.15) is 6.42 Å². The molecule has 0 aliphatic heterocycles. The van der Waals surface area contributed by atoms with Gasteiger partial charge < -0.3 is 5.73 Å². The number of nitrogens with one attached hydrogen (secondary N) is 1. The quantitative estimate of drug-likeness (QED) is 0.178. The van der Waals surface area contributed by atoms with Crippen LogP contribution in [0.3, 0.4) is 0 Å². The third kappa shape index (κ3) is 6.53. The number of hydrogen-bond acceptors (Lipinski definition) is 5. The zero-order chi connectivity index (χ0) is 8.69. The minimum absolute atomic E-state index is 0.162. The fourth-order valence-corrected chi connectivity index (χ4v) is 0.364. The molecule has 0 unspecified atom stereocenters. The van der Waals surface area contributed by atoms with Crippen molar-refractivity contribution in [3.05, 3.63) is 0 Å². The van der Waals surface area contributed by atoms with Crippen LogP contribution in [-0.2, 0) is 0 Å². The summed E-state index contributed by atoms with van der Waals surface area (Å²) in [4.78, 5) is 3.55. The Morgan fingerprint density at radius 1 is 1.73 bits per heavy atom. The van der Waals surface area contributed by atoms with Gasteiger partial charge in [-0.25, -0.2) is 5.43 Å². The summed E-state index contributed by atoms with van der Waals surface area (Å²) >= 11 is 0. The molecule has 0 aromatic heterocycles. The molecule has 5 N–H and O–H groups in total. The van der Waals surface area contributed by atoms with Crippen LogP contribution >= 0.6 is 0 Å². The average molecular weight is 159 g/mol. The summed E-state index contributed by atoms with van der Waals surface area (Å²) in [7, 11) is 0. The van der Waals surface area contributed by atoms with Crippen molar-refractivity contribution in [1.29, 1.82) is 5.26 Å². The van der Waals surface area contributed by atoms with Gasteiger partial charge in [0.25, 0.3) is 0 Å². The summed E-state index contributed by atoms with van der Waals surface area (Å²) in [5.41, 5.74) is 6.95. The Kier molecular flexibility index (Phi) is 4.76. The van der Waals surface area contributed by atoms with Gasteiger partial charge in [-0.1, -0.05) is 0 Å². The molecule has 0 rings (SSSR count). The summed E-state index contributed by atoms with van der Waals surface area (Å²) in [6, 6.07) is 1.85. The summed E-state index contributed by atoms with van der Waals surface area (Å²) < 4.78 is 0. The molecule has 0 bridgehead atoms. The Hall–Kier alpha value is -1.36. The predicted octanol–water partition coefficient (Wildman–Crippen LogP) is -1.20. The van der Waals surface area contributed by atoms with E-state index in [1.807, 2.05) is 11.5 Å². The fraction of sp³-hybridized carbons (Fsp3) is 0.500. The number of guanidine groups is 1. The number of hydrogen-bond donors (Lipinski definition) is 4. The van der Waals surface area contributed by atoms with E-state index >= 15 is 0 Å². The zero-order valence-electron chi connectivity index (χ0n) is 5.73. The molecule has 62 valence electrons. The summed E-state index contributed by atoms with van der Waals surface area (Å²) in [6.45, 7) is 0.225. The van der Waals surface area contributed by atoms with Crippen LogP contribution in [0, 0.1) is 11.3 Å². The van der Waals surface area contributed by atoms with E-state index in [1.165, 1.54) is 0 Å². The maximum absolute atomic E-state index is 8.13. The molecule has 0 radical (unpaired) electrons. The van der Waals surface area contributed by atoms with Crippen molar-refractivity contribution >= 4 is 5.96 Å². The molecule has 0 saturated carbocycles. The van der Waals surface area contributed by atoms with E-state index in [-0.39, 0.29) is 24.3 Å². The van der Waals surface area contributed by atoms with Crippen molar-refractivity contribution in [2.24, 2.45) is 10.7 Å². The molecule has 0 heterocycles. The van der Waals surface area contributed by atoms with Gasteiger partial charge in [-0.3, -0.25) is 15.4 Å². The lowest BCUT2D eigenvalue weighted by Crippen LogP contribution is -2.42. The van der Waals surface area contributed by atoms with Crippen LogP contribution in [0.2, 0.25) is 0 Å². The van der Waals surface area contributed by atoms with Crippen molar-refractivity contribution in [2.75, 3.05) is 6.54 Å². The van der Waals surface area contributed by atoms with Crippen LogP contribution in [-0.4, -0.2) is 28.3 Å². The van der Waals surface area contributed by atoms with Gasteiger partial charge in [0.15, 0.2) is 0 Å². The van der Waals surface area contributed by atoms with Gasteiger partial charge in [-0.15, -0.1) is 0 Å². The first-order chi connectivity index (χ1) is 5.16. The first-order valence-corrected chi connectivity index (χ1v) is 2.78. The van der Waals surface area contributed by atoms with Crippen LogP contribution < -0.4 is 11.2 Å². The Bertz CT molecular complexity index is 172. The number of aliphatic imine (C=N–C) groups is 1. The van der Waals surface area contributed by atoms with E-state index in [1.54, 1.807) is 0 Å². The standard InChI is InChI=1S/C4H9N5O2/c5-2-1-3-7-4(6)8-9(10)11/h10-11H,1,3H2,(H3,6,7,8). The Balaban J connectivity index is 3.56. The van der Waals surface area contributed by atoms with Gasteiger partial charge in [0.2, 0.25) is 5.96 Å². The Morgan fingerprint density at radius 2 is 2.36 bits per heavy atom. The molecular formula is C4H9N5O2. The van der Waals surface area contributed by atoms with Crippen LogP contribution in [0.4, 0.5) is 0 Å². The average Bonchev–Trinajstić information content (AvgIpc) is 1.86. The lowest BCUT2D eigenvalue weighted by molar-refractivity contribution is -0.329. The molecule has 0 fully saturated rings. The zero-order valence-corrected chi connectivity index (χ0v) is 5.73. The van der Waals surface area contributed by atoms with Crippen molar-refractivity contribution in [1.82, 2.24) is 10.8 Å². The first kappa shape index (κ1) is 9.64. The number of nitrogens with zero attached hydrogens (tertiary/aromatic N) is 3. The molecule has 0 aromatic rings. The number of rotatable bonds is 3. The van der Waals surface area contributed by atoms with E-state index in [0.29, 0.717) is 0 Å². The lowest BCUT2D eigenvalue weighted by Gasteiger charge is -2.06. The third-order valence-corrected chi connectivity index (χ3v) is 0.720. The maximum Gasteiger partial charge on any atom is 0.207 e. The van der Waals surface area contributed by atoms with E-state index in [9.17, 15) is 0 Å². The van der Waals surface area contributed by atoms with Gasteiger partial charge in [0, 0.05) is 5.34 Å². The highest BCUT2D eigenvalue weighted by Crippen LogP contribution is 1.76. The van der Waals surface area contributed by atoms with E-state index in [2.05, 4.69) is 4.99 Å². The van der Waals surface area contributed by atoms with Gasteiger partial charge in [0.1, 0.15) is 0 Å². The maximum atomic E-state index is 8.13. The molecule has 0 saturated heterocycles. The summed E-state index contributed by atoms with van der Waals surface area (Å²) in [5, 5.41) is 24.0. The second-order valence-corrected chi connectivity index (χ2v) is 1.58. The van der Waals surface area contributed by atoms with E-state index in [4.69, 9.17) is 21.4 Å². The number of nitriles is 1. The van der Waals surface area contributed by atoms with Gasteiger partial charge in [0.05, 0.1) is 19.0 Å². The SMILES string of the molecule is N#CCCN=C(N)NN(O)O. The molecule has 0 spiro atoms. The van der Waals surface area contributed by atoms with Gasteiger partial charge in [-0.2, -0.15) is 5.26 Å². The second-order valence-electron chi connectivity index (χ2n) is 1.58. The number of hydrazine groups is 1. The summed E-state index contributed by atoms with van der Waals surface area (Å²) in [5.74, 6) is -0.162. The second kappa shape index (κ2) is 5.43. The largest absolute Gasteiger partial charge is 0.369 e. The Labute approximate surface area is 63.2 Å². The van der Waals surface area contributed by atoms with Gasteiger partial charge >= 0.3 is 0 Å². The third-order valence-electron chi connectivity index (χ3n) is 0.720. The molecule has 0 atom stereocenters. The van der Waals surface area contributed by atoms with E-state index < -0.39 is 0 Å². The summed E-state index contributed by atoms with van der Waals surface area (Å²) in [6.07, 6.45) is 0.235. The van der Waals surface area contributed by atoms with Crippen molar-refractivity contribution in [2.45, 2.75) is 6.42 Å². The monoisotopic (exact) mass is 159 g/mol. The topological polar surface area (TPSA) is 118 Å². The van der Waals surface area contributed by atoms with Crippen molar-refractivity contribution < 1.29 is 10.4 Å². The number of nitrogens with two attached hydrogens (primary N) is 1. The van der Waals surface area contributed by atoms with Crippen molar-refractivity contribution in [3.8, 4) is 6.07 Å². The molecule has 0 aliphatic carbocycles. The molecular weight excluding hydrogens is 150 g/mol. The molecule has 7 nitrogen and oxygen atoms in total. The highest BCUT2D eigenvalue weighted by molar-refractivity contribution is 5.77. The highest BCUT2D eigenvalue weighted by atomic mass is 16.8. The predicted molar refractivity (Wildman–Crippen MR) is 35.3 cm³/mol. The normalized spacial score (nSPS) is 11.3. The lowest BCUT2D eigenvalue weighted by atomic mass is 10.5. The first-order valence-electron chi connectivity index (χ1n) is 2.78. The van der Waals surface area contributed by atoms with Crippen molar-refractivity contribution in [3.63, 3.8) is 0 Å². The van der Waals surface area contributed by atoms with Crippen LogP contribution in [0.5, 0.6) is 0 Å². The smallest absolute Gasteiger partial charge is 0.207 e. The van der Waals surface area contributed by atoms with Gasteiger partial charge in [-0.05, 0) is 0 Å². The minimum Gasteiger partial charge on any atom is -0.369 e. The molecule has 7 heteroatoms. The molecule has 0 amide bonds. The molecule has 0 aliphatic rings.